The van der Waals surface area contributed by atoms with Crippen LogP contribution < -0.4 is 37.2 Å². The van der Waals surface area contributed by atoms with Gasteiger partial charge in [0.2, 0.25) is 0 Å². The summed E-state index contributed by atoms with van der Waals surface area (Å²) < 4.78 is 1.71. The molecule has 0 bridgehead atoms. The van der Waals surface area contributed by atoms with Crippen molar-refractivity contribution in [3.63, 3.8) is 0 Å². The van der Waals surface area contributed by atoms with Crippen LogP contribution in [0.3, 0.4) is 0 Å². The van der Waals surface area contributed by atoms with Crippen molar-refractivity contribution in [1.29, 1.82) is 0 Å². The second-order valence-corrected chi connectivity index (χ2v) is 4.53. The first-order chi connectivity index (χ1) is 4.34. The molecule has 68 valence electrons. The van der Waals surface area contributed by atoms with E-state index in [2.05, 4.69) is 19.1 Å². The van der Waals surface area contributed by atoms with Crippen LogP contribution in [0.4, 0.5) is 0 Å². The van der Waals surface area contributed by atoms with E-state index in [-0.39, 0.29) is 37.2 Å². The van der Waals surface area contributed by atoms with E-state index in [1.54, 1.807) is 8.90 Å². The van der Waals surface area contributed by atoms with E-state index in [4.69, 9.17) is 0 Å². The van der Waals surface area contributed by atoms with Crippen LogP contribution in [0, 0.1) is 0 Å². The van der Waals surface area contributed by atoms with Gasteiger partial charge >= 0.3 is 71.6 Å². The van der Waals surface area contributed by atoms with Gasteiger partial charge in [-0.25, -0.2) is 0 Å². The fourth-order valence-corrected chi connectivity index (χ4v) is 2.23. The quantitative estimate of drug-likeness (QED) is 0.411. The summed E-state index contributed by atoms with van der Waals surface area (Å²) in [6, 6.07) is 0. The molecule has 0 atom stereocenters. The predicted octanol–water partition coefficient (Wildman–Crippen LogP) is -6.44. The van der Waals surface area contributed by atoms with Crippen LogP contribution >= 0.6 is 0 Å². The molecule has 0 saturated heterocycles. The van der Waals surface area contributed by atoms with Crippen molar-refractivity contribution in [2.24, 2.45) is 0 Å². The Morgan fingerprint density at radius 2 is 1.92 bits per heavy atom. The molecule has 0 aliphatic heterocycles. The molecule has 0 radical (unpaired) electrons. The third-order valence-corrected chi connectivity index (χ3v) is 3.43. The topological polar surface area (TPSA) is 0 Å². The summed E-state index contributed by atoms with van der Waals surface area (Å²) >= 11 is 1.27. The second-order valence-electron chi connectivity index (χ2n) is 2.36. The number of halogens is 3. The predicted molar refractivity (Wildman–Crippen MR) is 35.7 cm³/mol. The molecule has 12 heavy (non-hydrogen) atoms. The Morgan fingerprint density at radius 1 is 1.33 bits per heavy atom. The Morgan fingerprint density at radius 3 is 2.25 bits per heavy atom. The van der Waals surface area contributed by atoms with Gasteiger partial charge in [0.15, 0.2) is 0 Å². The Labute approximate surface area is 108 Å². The summed E-state index contributed by atoms with van der Waals surface area (Å²) in [5, 5.41) is 0. The summed E-state index contributed by atoms with van der Waals surface area (Å²) in [4.78, 5) is 0. The minimum Gasteiger partial charge on any atom is -1.00 e. The van der Waals surface area contributed by atoms with Gasteiger partial charge in [-0.15, -0.1) is 0 Å². The zero-order valence-electron chi connectivity index (χ0n) is 6.91. The van der Waals surface area contributed by atoms with Crippen LogP contribution in [0.1, 0.15) is 26.2 Å². The molecule has 0 aromatic rings. The van der Waals surface area contributed by atoms with Gasteiger partial charge in [0.1, 0.15) is 0 Å². The molecular formula is C8H11Cl3Hf. The normalized spacial score (nSPS) is 13.2. The Hall–Kier alpha value is 1.22. The van der Waals surface area contributed by atoms with Crippen molar-refractivity contribution >= 4 is 0 Å². The summed E-state index contributed by atoms with van der Waals surface area (Å²) in [5.74, 6) is 0. The Balaban J connectivity index is -0.000000270. The number of hydrogen-bond acceptors (Lipinski definition) is 0. The molecular weight excluding hydrogens is 381 g/mol. The van der Waals surface area contributed by atoms with Crippen molar-refractivity contribution in [3.05, 3.63) is 21.1 Å². The van der Waals surface area contributed by atoms with Crippen molar-refractivity contribution in [2.75, 3.05) is 0 Å². The van der Waals surface area contributed by atoms with Crippen LogP contribution in [0.5, 0.6) is 0 Å². The molecule has 0 N–H and O–H groups in total. The fourth-order valence-electron chi connectivity index (χ4n) is 1.05. The van der Waals surface area contributed by atoms with Crippen molar-refractivity contribution in [3.8, 4) is 0 Å². The number of allylic oxidation sites excluding steroid dienone is 4. The van der Waals surface area contributed by atoms with Crippen molar-refractivity contribution in [2.45, 2.75) is 26.2 Å². The minimum atomic E-state index is 0. The summed E-state index contributed by atoms with van der Waals surface area (Å²) in [6.45, 7) is 2.24. The van der Waals surface area contributed by atoms with E-state index in [1.165, 1.54) is 43.6 Å². The summed E-state index contributed by atoms with van der Waals surface area (Å²) in [6.07, 6.45) is 8.43. The average molecular weight is 392 g/mol. The SMILES string of the molecule is CCCC1=[C]([Hf+3])CC=C1.[Cl-].[Cl-].[Cl-]. The van der Waals surface area contributed by atoms with Gasteiger partial charge in [0.05, 0.1) is 0 Å². The van der Waals surface area contributed by atoms with Crippen LogP contribution in [0.25, 0.3) is 0 Å². The Kier molecular flexibility index (Phi) is 16.2. The smallest absolute Gasteiger partial charge is 1.00 e. The van der Waals surface area contributed by atoms with Gasteiger partial charge in [-0.1, -0.05) is 0 Å². The van der Waals surface area contributed by atoms with Crippen LogP contribution in [0.15, 0.2) is 21.1 Å². The largest absolute Gasteiger partial charge is 1.00 e. The number of rotatable bonds is 2. The van der Waals surface area contributed by atoms with E-state index in [0.29, 0.717) is 0 Å². The third kappa shape index (κ3) is 5.80. The second kappa shape index (κ2) is 10.3. The summed E-state index contributed by atoms with van der Waals surface area (Å²) in [7, 11) is 0. The van der Waals surface area contributed by atoms with Gasteiger partial charge < -0.3 is 37.2 Å². The molecule has 1 aliphatic rings. The molecule has 0 nitrogen and oxygen atoms in total. The first kappa shape index (κ1) is 18.9. The zero-order valence-corrected chi connectivity index (χ0v) is 12.8. The maximum absolute atomic E-state index is 2.30. The molecule has 0 unspecified atom stereocenters. The van der Waals surface area contributed by atoms with Gasteiger partial charge in [0, 0.05) is 0 Å². The van der Waals surface area contributed by atoms with E-state index >= 15 is 0 Å². The first-order valence-electron chi connectivity index (χ1n) is 3.44. The molecule has 1 aliphatic carbocycles. The van der Waals surface area contributed by atoms with Crippen LogP contribution in [-0.2, 0) is 24.4 Å². The monoisotopic (exact) mass is 392 g/mol. The minimum absolute atomic E-state index is 0. The molecule has 0 aromatic carbocycles. The molecule has 0 saturated carbocycles. The summed E-state index contributed by atoms with van der Waals surface area (Å²) in [5.41, 5.74) is 1.63. The third-order valence-electron chi connectivity index (χ3n) is 1.55. The molecule has 0 fully saturated rings. The van der Waals surface area contributed by atoms with E-state index < -0.39 is 0 Å². The van der Waals surface area contributed by atoms with Gasteiger partial charge in [-0.05, 0) is 0 Å². The molecule has 0 amide bonds. The van der Waals surface area contributed by atoms with Crippen LogP contribution in [0.2, 0.25) is 0 Å². The van der Waals surface area contributed by atoms with Crippen molar-refractivity contribution in [1.82, 2.24) is 0 Å². The van der Waals surface area contributed by atoms with E-state index in [1.807, 2.05) is 0 Å². The zero-order chi connectivity index (χ0) is 6.69. The maximum Gasteiger partial charge on any atom is -1.00 e. The molecule has 0 heterocycles. The standard InChI is InChI=1S/C8H11.3ClH.Hf/c1-2-5-8-6-3-4-7-8;;;;/h3,6H,2,4-5H2,1H3;3*1H;/q;;;;+3/p-3. The first-order valence-corrected chi connectivity index (χ1v) is 5.24. The molecule has 0 aromatic heterocycles. The van der Waals surface area contributed by atoms with Gasteiger partial charge in [0.25, 0.3) is 0 Å². The van der Waals surface area contributed by atoms with E-state index in [0.717, 1.165) is 0 Å². The average Bonchev–Trinajstić information content (AvgIpc) is 2.18. The maximum atomic E-state index is 2.30. The molecule has 4 heteroatoms. The number of hydrogen-bond donors (Lipinski definition) is 0. The van der Waals surface area contributed by atoms with Crippen LogP contribution in [-0.4, -0.2) is 0 Å². The molecule has 1 rings (SSSR count). The van der Waals surface area contributed by atoms with Gasteiger partial charge in [-0.3, -0.25) is 0 Å². The van der Waals surface area contributed by atoms with E-state index in [9.17, 15) is 0 Å². The van der Waals surface area contributed by atoms with Gasteiger partial charge in [-0.2, -0.15) is 0 Å². The fraction of sp³-hybridized carbons (Fsp3) is 0.500. The molecule has 0 spiro atoms. The van der Waals surface area contributed by atoms with Crippen molar-refractivity contribution < 1.29 is 61.6 Å². The Bertz CT molecular complexity index is 164.